The highest BCUT2D eigenvalue weighted by atomic mass is 79.9. The minimum Gasteiger partial charge on any atom is -0.435 e. The molecule has 1 amide bonds. The number of aromatic nitrogens is 1. The van der Waals surface area contributed by atoms with Gasteiger partial charge < -0.3 is 14.6 Å². The van der Waals surface area contributed by atoms with E-state index in [0.717, 1.165) is 21.5 Å². The van der Waals surface area contributed by atoms with Crippen molar-refractivity contribution in [1.29, 1.82) is 0 Å². The van der Waals surface area contributed by atoms with Gasteiger partial charge in [-0.25, -0.2) is 4.98 Å². The third-order valence-electron chi connectivity index (χ3n) is 6.12. The predicted molar refractivity (Wildman–Crippen MR) is 115 cm³/mol. The van der Waals surface area contributed by atoms with Crippen molar-refractivity contribution in [3.05, 3.63) is 39.7 Å². The maximum absolute atomic E-state index is 13.1. The molecule has 0 spiro atoms. The summed E-state index contributed by atoms with van der Waals surface area (Å²) in [7, 11) is 2.23. The molecular weight excluding hydrogens is 438 g/mol. The Morgan fingerprint density at radius 2 is 2.04 bits per heavy atom. The highest BCUT2D eigenvalue weighted by Gasteiger charge is 2.36. The van der Waals surface area contributed by atoms with E-state index < -0.39 is 0 Å². The van der Waals surface area contributed by atoms with Crippen LogP contribution in [-0.2, 0) is 0 Å². The van der Waals surface area contributed by atoms with Crippen LogP contribution in [0.1, 0.15) is 42.5 Å². The first kappa shape index (κ1) is 18.3. The van der Waals surface area contributed by atoms with Crippen LogP contribution in [0.25, 0.3) is 21.9 Å². The topological polar surface area (TPSA) is 58.4 Å². The van der Waals surface area contributed by atoms with Gasteiger partial charge in [-0.2, -0.15) is 0 Å². The summed E-state index contributed by atoms with van der Waals surface area (Å²) in [6.07, 6.45) is 5.83. The number of carbonyl (C=O) groups excluding carboxylic acids is 1. The molecule has 146 valence electrons. The van der Waals surface area contributed by atoms with E-state index in [-0.39, 0.29) is 11.9 Å². The van der Waals surface area contributed by atoms with Crippen LogP contribution in [0.3, 0.4) is 0 Å². The molecule has 2 aliphatic heterocycles. The molecule has 5 nitrogen and oxygen atoms in total. The fourth-order valence-corrected chi connectivity index (χ4v) is 5.98. The lowest BCUT2D eigenvalue weighted by molar-refractivity contribution is 0.0463. The second-order valence-corrected chi connectivity index (χ2v) is 10.3. The smallest absolute Gasteiger partial charge is 0.253 e. The van der Waals surface area contributed by atoms with Crippen molar-refractivity contribution >= 4 is 44.3 Å². The molecule has 2 aliphatic rings. The van der Waals surface area contributed by atoms with E-state index in [0.29, 0.717) is 34.6 Å². The van der Waals surface area contributed by atoms with Crippen molar-refractivity contribution in [2.45, 2.75) is 50.2 Å². The van der Waals surface area contributed by atoms with Gasteiger partial charge in [-0.1, -0.05) is 12.5 Å². The van der Waals surface area contributed by atoms with Crippen molar-refractivity contribution in [1.82, 2.24) is 15.2 Å². The van der Waals surface area contributed by atoms with Gasteiger partial charge in [0, 0.05) is 18.1 Å². The lowest BCUT2D eigenvalue weighted by Crippen LogP contribution is -2.55. The molecule has 2 fully saturated rings. The summed E-state index contributed by atoms with van der Waals surface area (Å²) in [6.45, 7) is 0. The molecular formula is C21H22BrN3O2S. The van der Waals surface area contributed by atoms with Gasteiger partial charge in [0.1, 0.15) is 5.52 Å². The lowest BCUT2D eigenvalue weighted by atomic mass is 9.82. The fraction of sp³-hybridized carbons (Fsp3) is 0.429. The number of fused-ring (bicyclic) bond motifs is 3. The number of oxazole rings is 1. The summed E-state index contributed by atoms with van der Waals surface area (Å²) in [4.78, 5) is 21.2. The second kappa shape index (κ2) is 7.28. The summed E-state index contributed by atoms with van der Waals surface area (Å²) < 4.78 is 6.94. The van der Waals surface area contributed by atoms with Gasteiger partial charge in [-0.3, -0.25) is 4.79 Å². The number of piperidine rings is 2. The van der Waals surface area contributed by atoms with E-state index in [2.05, 4.69) is 38.2 Å². The second-order valence-electron chi connectivity index (χ2n) is 7.82. The number of nitrogens with zero attached hydrogens (tertiary/aromatic N) is 2. The Hall–Kier alpha value is -1.70. The monoisotopic (exact) mass is 459 g/mol. The number of benzene rings is 1. The largest absolute Gasteiger partial charge is 0.435 e. The molecule has 3 aromatic rings. The van der Waals surface area contributed by atoms with Crippen molar-refractivity contribution in [2.75, 3.05) is 7.05 Å². The zero-order chi connectivity index (χ0) is 19.3. The minimum atomic E-state index is -0.0505. The van der Waals surface area contributed by atoms with Crippen LogP contribution >= 0.6 is 27.3 Å². The van der Waals surface area contributed by atoms with E-state index in [1.165, 1.54) is 19.3 Å². The maximum atomic E-state index is 13.1. The van der Waals surface area contributed by atoms with Gasteiger partial charge in [0.05, 0.1) is 14.2 Å². The molecule has 0 aliphatic carbocycles. The average Bonchev–Trinajstić information content (AvgIpc) is 3.28. The number of nitrogens with one attached hydrogen (secondary N) is 1. The molecule has 2 aromatic heterocycles. The first-order valence-corrected chi connectivity index (χ1v) is 11.4. The molecule has 2 atom stereocenters. The molecule has 0 saturated carbocycles. The number of amides is 1. The van der Waals surface area contributed by atoms with Crippen molar-refractivity contribution in [3.8, 4) is 10.8 Å². The first-order chi connectivity index (χ1) is 13.6. The van der Waals surface area contributed by atoms with Gasteiger partial charge >= 0.3 is 0 Å². The number of hydrogen-bond donors (Lipinski definition) is 1. The number of para-hydroxylation sites is 1. The molecule has 7 heteroatoms. The molecule has 5 rings (SSSR count). The predicted octanol–water partition coefficient (Wildman–Crippen LogP) is 5.06. The number of carbonyl (C=O) groups is 1. The summed E-state index contributed by atoms with van der Waals surface area (Å²) in [5.41, 5.74) is 1.87. The van der Waals surface area contributed by atoms with Crippen molar-refractivity contribution in [3.63, 3.8) is 0 Å². The van der Waals surface area contributed by atoms with E-state index in [1.54, 1.807) is 11.3 Å². The summed E-state index contributed by atoms with van der Waals surface area (Å²) in [5.74, 6) is 0.505. The van der Waals surface area contributed by atoms with Crippen LogP contribution in [-0.4, -0.2) is 41.0 Å². The van der Waals surface area contributed by atoms with E-state index in [9.17, 15) is 4.79 Å². The van der Waals surface area contributed by atoms with Crippen LogP contribution in [0.4, 0.5) is 0 Å². The van der Waals surface area contributed by atoms with Crippen LogP contribution in [0.2, 0.25) is 0 Å². The minimum absolute atomic E-state index is 0.0505. The molecule has 2 unspecified atom stereocenters. The van der Waals surface area contributed by atoms with E-state index in [1.807, 2.05) is 30.3 Å². The molecule has 2 saturated heterocycles. The zero-order valence-electron chi connectivity index (χ0n) is 15.7. The Morgan fingerprint density at radius 3 is 2.75 bits per heavy atom. The van der Waals surface area contributed by atoms with Gasteiger partial charge in [0.2, 0.25) is 5.89 Å². The Kier molecular flexibility index (Phi) is 4.77. The van der Waals surface area contributed by atoms with Crippen LogP contribution in [0, 0.1) is 0 Å². The molecule has 4 heterocycles. The maximum Gasteiger partial charge on any atom is 0.253 e. The first-order valence-electron chi connectivity index (χ1n) is 9.76. The normalized spacial score (nSPS) is 25.1. The fourth-order valence-electron chi connectivity index (χ4n) is 4.66. The quantitative estimate of drug-likeness (QED) is 0.594. The number of halogens is 1. The lowest BCUT2D eigenvalue weighted by Gasteiger charge is -2.47. The van der Waals surface area contributed by atoms with Crippen molar-refractivity contribution in [2.24, 2.45) is 0 Å². The van der Waals surface area contributed by atoms with Crippen LogP contribution in [0.15, 0.2) is 38.5 Å². The van der Waals surface area contributed by atoms with E-state index in [4.69, 9.17) is 4.42 Å². The molecule has 1 N–H and O–H groups in total. The van der Waals surface area contributed by atoms with E-state index >= 15 is 0 Å². The van der Waals surface area contributed by atoms with Gasteiger partial charge in [0.15, 0.2) is 5.58 Å². The molecule has 0 radical (unpaired) electrons. The van der Waals surface area contributed by atoms with Crippen LogP contribution in [0.5, 0.6) is 0 Å². The number of thiophene rings is 1. The average molecular weight is 460 g/mol. The van der Waals surface area contributed by atoms with Crippen molar-refractivity contribution < 1.29 is 9.21 Å². The van der Waals surface area contributed by atoms with Gasteiger partial charge in [-0.15, -0.1) is 11.3 Å². The zero-order valence-corrected chi connectivity index (χ0v) is 18.1. The SMILES string of the molecule is CN1C2CCCC1CC(NC(=O)c1cccc3oc(-c4ccc(Br)s4)nc13)C2. The summed E-state index contributed by atoms with van der Waals surface area (Å²) in [6, 6.07) is 10.9. The molecule has 2 bridgehead atoms. The Morgan fingerprint density at radius 1 is 1.25 bits per heavy atom. The van der Waals surface area contributed by atoms with Gasteiger partial charge in [0.25, 0.3) is 5.91 Å². The number of rotatable bonds is 3. The number of hydrogen-bond acceptors (Lipinski definition) is 5. The summed E-state index contributed by atoms with van der Waals surface area (Å²) in [5, 5.41) is 3.28. The third kappa shape index (κ3) is 3.29. The summed E-state index contributed by atoms with van der Waals surface area (Å²) >= 11 is 5.04. The third-order valence-corrected chi connectivity index (χ3v) is 7.73. The standard InChI is InChI=1S/C21H22BrN3O2S/c1-25-13-4-2-5-14(25)11-12(10-13)23-20(26)15-6-3-7-16-19(15)24-21(27-16)17-8-9-18(22)28-17/h3,6-9,12-14H,2,4-5,10-11H2,1H3,(H,23,26). The molecule has 1 aromatic carbocycles. The highest BCUT2D eigenvalue weighted by molar-refractivity contribution is 9.11. The van der Waals surface area contributed by atoms with Gasteiger partial charge in [-0.05, 0) is 72.9 Å². The molecule has 28 heavy (non-hydrogen) atoms. The Balaban J connectivity index is 1.39. The highest BCUT2D eigenvalue weighted by Crippen LogP contribution is 2.34. The van der Waals surface area contributed by atoms with Crippen LogP contribution < -0.4 is 5.32 Å². The Bertz CT molecular complexity index is 1020. The Labute approximate surface area is 176 Å².